The molecular formula is C6H13NO3S. The van der Waals surface area contributed by atoms with Gasteiger partial charge in [-0.05, 0) is 13.0 Å². The van der Waals surface area contributed by atoms with Crippen molar-refractivity contribution in [1.82, 2.24) is 5.32 Å². The molecule has 1 unspecified atom stereocenters. The first-order valence-electron chi connectivity index (χ1n) is 3.69. The van der Waals surface area contributed by atoms with Crippen molar-refractivity contribution >= 4 is 9.84 Å². The molecular weight excluding hydrogens is 166 g/mol. The van der Waals surface area contributed by atoms with Crippen LogP contribution >= 0.6 is 0 Å². The van der Waals surface area contributed by atoms with Gasteiger partial charge in [0.1, 0.15) is 0 Å². The largest absolute Gasteiger partial charge is 0.395 e. The zero-order valence-electron chi connectivity index (χ0n) is 6.28. The highest BCUT2D eigenvalue weighted by molar-refractivity contribution is 7.91. The first-order valence-corrected chi connectivity index (χ1v) is 5.51. The molecule has 1 fully saturated rings. The molecule has 0 saturated carbocycles. The number of sulfone groups is 1. The van der Waals surface area contributed by atoms with E-state index in [1.54, 1.807) is 0 Å². The molecule has 0 radical (unpaired) electrons. The van der Waals surface area contributed by atoms with E-state index in [2.05, 4.69) is 5.32 Å². The van der Waals surface area contributed by atoms with Gasteiger partial charge in [0, 0.05) is 6.04 Å². The van der Waals surface area contributed by atoms with E-state index in [1.165, 1.54) is 0 Å². The number of rotatable bonds is 1. The Bertz CT molecular complexity index is 212. The minimum atomic E-state index is -2.90. The summed E-state index contributed by atoms with van der Waals surface area (Å²) >= 11 is 0. The lowest BCUT2D eigenvalue weighted by Gasteiger charge is -2.10. The molecule has 1 saturated heterocycles. The van der Waals surface area contributed by atoms with Crippen molar-refractivity contribution in [3.05, 3.63) is 0 Å². The fourth-order valence-electron chi connectivity index (χ4n) is 1.16. The maximum Gasteiger partial charge on any atom is 0.151 e. The highest BCUT2D eigenvalue weighted by Crippen LogP contribution is 2.01. The Morgan fingerprint density at radius 1 is 1.55 bits per heavy atom. The fourth-order valence-corrected chi connectivity index (χ4v) is 2.75. The minimum absolute atomic E-state index is 0.0729. The normalized spacial score (nSPS) is 31.2. The first-order chi connectivity index (χ1) is 5.14. The van der Waals surface area contributed by atoms with Crippen LogP contribution in [0.4, 0.5) is 0 Å². The van der Waals surface area contributed by atoms with Crippen molar-refractivity contribution in [2.45, 2.75) is 12.5 Å². The number of nitrogens with one attached hydrogen (secondary N) is 1. The predicted octanol–water partition coefficient (Wildman–Crippen LogP) is -1.24. The molecule has 4 nitrogen and oxygen atoms in total. The molecule has 0 bridgehead atoms. The van der Waals surface area contributed by atoms with Crippen LogP contribution in [0.2, 0.25) is 0 Å². The Labute approximate surface area is 66.5 Å². The molecule has 0 amide bonds. The van der Waals surface area contributed by atoms with E-state index in [-0.39, 0.29) is 24.2 Å². The van der Waals surface area contributed by atoms with Crippen molar-refractivity contribution in [3.8, 4) is 0 Å². The lowest BCUT2D eigenvalue weighted by molar-refractivity contribution is 0.254. The minimum Gasteiger partial charge on any atom is -0.395 e. The molecule has 1 aliphatic heterocycles. The smallest absolute Gasteiger partial charge is 0.151 e. The quantitative estimate of drug-likeness (QED) is 0.528. The maximum absolute atomic E-state index is 11.1. The topological polar surface area (TPSA) is 66.4 Å². The van der Waals surface area contributed by atoms with E-state index < -0.39 is 9.84 Å². The number of aliphatic hydroxyl groups excluding tert-OH is 1. The van der Waals surface area contributed by atoms with Crippen molar-refractivity contribution in [3.63, 3.8) is 0 Å². The molecule has 11 heavy (non-hydrogen) atoms. The third-order valence-corrected chi connectivity index (χ3v) is 3.56. The zero-order valence-corrected chi connectivity index (χ0v) is 7.10. The van der Waals surface area contributed by atoms with E-state index in [4.69, 9.17) is 5.11 Å². The molecule has 1 atom stereocenters. The second-order valence-corrected chi connectivity index (χ2v) is 5.03. The van der Waals surface area contributed by atoms with Gasteiger partial charge >= 0.3 is 0 Å². The van der Waals surface area contributed by atoms with Gasteiger partial charge in [-0.1, -0.05) is 0 Å². The van der Waals surface area contributed by atoms with Gasteiger partial charge < -0.3 is 10.4 Å². The summed E-state index contributed by atoms with van der Waals surface area (Å²) in [5, 5.41) is 11.7. The first kappa shape index (κ1) is 8.96. The summed E-state index contributed by atoms with van der Waals surface area (Å²) in [4.78, 5) is 0. The van der Waals surface area contributed by atoms with Gasteiger partial charge in [-0.25, -0.2) is 8.42 Å². The van der Waals surface area contributed by atoms with Gasteiger partial charge in [0.25, 0.3) is 0 Å². The van der Waals surface area contributed by atoms with Crippen molar-refractivity contribution in [1.29, 1.82) is 0 Å². The molecule has 0 spiro atoms. The molecule has 2 N–H and O–H groups in total. The summed E-state index contributed by atoms with van der Waals surface area (Å²) < 4.78 is 22.2. The summed E-state index contributed by atoms with van der Waals surface area (Å²) in [6, 6.07) is -0.262. The van der Waals surface area contributed by atoms with Crippen LogP contribution in [0.15, 0.2) is 0 Å². The Kier molecular flexibility index (Phi) is 2.86. The Hall–Kier alpha value is -0.130. The van der Waals surface area contributed by atoms with Crippen LogP contribution in [-0.2, 0) is 9.84 Å². The molecule has 0 aromatic carbocycles. The van der Waals surface area contributed by atoms with Crippen LogP contribution < -0.4 is 5.32 Å². The monoisotopic (exact) mass is 179 g/mol. The average molecular weight is 179 g/mol. The van der Waals surface area contributed by atoms with Crippen molar-refractivity contribution < 1.29 is 13.5 Å². The van der Waals surface area contributed by atoms with Gasteiger partial charge in [0.05, 0.1) is 18.1 Å². The SMILES string of the molecule is O=S1(=O)CCCNC(CO)C1. The molecule has 66 valence electrons. The van der Waals surface area contributed by atoms with Crippen LogP contribution in [0.5, 0.6) is 0 Å². The van der Waals surface area contributed by atoms with Gasteiger partial charge in [-0.3, -0.25) is 0 Å². The second-order valence-electron chi connectivity index (χ2n) is 2.80. The van der Waals surface area contributed by atoms with Crippen molar-refractivity contribution in [2.24, 2.45) is 0 Å². The Balaban J connectivity index is 2.61. The number of hydrogen-bond donors (Lipinski definition) is 2. The van der Waals surface area contributed by atoms with Gasteiger partial charge in [0.2, 0.25) is 0 Å². The van der Waals surface area contributed by atoms with E-state index in [9.17, 15) is 8.42 Å². The summed E-state index contributed by atoms with van der Waals surface area (Å²) in [5.41, 5.74) is 0. The van der Waals surface area contributed by atoms with E-state index >= 15 is 0 Å². The third kappa shape index (κ3) is 2.76. The van der Waals surface area contributed by atoms with Gasteiger partial charge in [-0.15, -0.1) is 0 Å². The average Bonchev–Trinajstić information content (AvgIpc) is 2.10. The lowest BCUT2D eigenvalue weighted by atomic mass is 10.3. The maximum atomic E-state index is 11.1. The van der Waals surface area contributed by atoms with E-state index in [1.807, 2.05) is 0 Å². The summed E-state index contributed by atoms with van der Waals surface area (Å²) in [7, 11) is -2.90. The molecule has 1 rings (SSSR count). The molecule has 1 heterocycles. The van der Waals surface area contributed by atoms with Crippen LogP contribution in [-0.4, -0.2) is 44.2 Å². The number of aliphatic hydroxyl groups is 1. The summed E-state index contributed by atoms with van der Waals surface area (Å²) in [6.45, 7) is 0.587. The fraction of sp³-hybridized carbons (Fsp3) is 1.00. The summed E-state index contributed by atoms with van der Waals surface area (Å²) in [6.07, 6.45) is 0.652. The highest BCUT2D eigenvalue weighted by atomic mass is 32.2. The van der Waals surface area contributed by atoms with Crippen LogP contribution in [0, 0.1) is 0 Å². The van der Waals surface area contributed by atoms with Crippen LogP contribution in [0.1, 0.15) is 6.42 Å². The summed E-state index contributed by atoms with van der Waals surface area (Å²) in [5.74, 6) is 0.319. The number of hydrogen-bond acceptors (Lipinski definition) is 4. The molecule has 0 aromatic rings. The Morgan fingerprint density at radius 3 is 2.91 bits per heavy atom. The van der Waals surface area contributed by atoms with E-state index in [0.29, 0.717) is 13.0 Å². The second kappa shape index (κ2) is 3.51. The van der Waals surface area contributed by atoms with Crippen LogP contribution in [0.3, 0.4) is 0 Å². The predicted molar refractivity (Wildman–Crippen MR) is 42.1 cm³/mol. The van der Waals surface area contributed by atoms with E-state index in [0.717, 1.165) is 0 Å². The van der Waals surface area contributed by atoms with Gasteiger partial charge in [0.15, 0.2) is 9.84 Å². The van der Waals surface area contributed by atoms with Crippen molar-refractivity contribution in [2.75, 3.05) is 24.7 Å². The molecule has 0 aliphatic carbocycles. The highest BCUT2D eigenvalue weighted by Gasteiger charge is 2.21. The third-order valence-electron chi connectivity index (χ3n) is 1.74. The standard InChI is InChI=1S/C6H13NO3S/c8-4-6-5-11(9,10)3-1-2-7-6/h6-8H,1-5H2. The zero-order chi connectivity index (χ0) is 8.32. The Morgan fingerprint density at radius 2 is 2.27 bits per heavy atom. The molecule has 0 aromatic heterocycles. The molecule has 1 aliphatic rings. The van der Waals surface area contributed by atoms with Gasteiger partial charge in [-0.2, -0.15) is 0 Å². The van der Waals surface area contributed by atoms with Crippen LogP contribution in [0.25, 0.3) is 0 Å². The lowest BCUT2D eigenvalue weighted by Crippen LogP contribution is -2.36. The molecule has 5 heteroatoms.